The van der Waals surface area contributed by atoms with E-state index in [1.165, 1.54) is 69.8 Å². The van der Waals surface area contributed by atoms with Crippen molar-refractivity contribution in [2.24, 2.45) is 0 Å². The van der Waals surface area contributed by atoms with Gasteiger partial charge in [0, 0.05) is 0 Å². The summed E-state index contributed by atoms with van der Waals surface area (Å²) in [6, 6.07) is 10.3. The zero-order chi connectivity index (χ0) is 15.2. The number of hydrogen-bond donors (Lipinski definition) is 1. The lowest BCUT2D eigenvalue weighted by molar-refractivity contribution is 0.161. The number of hydrogen-bond acceptors (Lipinski definition) is 1. The fourth-order valence-electron chi connectivity index (χ4n) is 2.86. The number of aliphatic hydroxyl groups excluding tert-OH is 1. The summed E-state index contributed by atoms with van der Waals surface area (Å²) in [5, 5.41) is 10.0. The summed E-state index contributed by atoms with van der Waals surface area (Å²) in [7, 11) is 0. The first-order valence-electron chi connectivity index (χ1n) is 9.05. The van der Waals surface area contributed by atoms with Crippen LogP contribution in [-0.2, 0) is 6.42 Å². The molecule has 1 unspecified atom stereocenters. The fraction of sp³-hybridized carbons (Fsp3) is 0.700. The molecule has 0 aliphatic heterocycles. The van der Waals surface area contributed by atoms with Crippen LogP contribution in [0.2, 0.25) is 0 Å². The minimum absolute atomic E-state index is 0.165. The highest BCUT2D eigenvalue weighted by Crippen LogP contribution is 2.13. The van der Waals surface area contributed by atoms with Crippen molar-refractivity contribution >= 4 is 0 Å². The molecule has 1 aromatic rings. The van der Waals surface area contributed by atoms with Crippen LogP contribution < -0.4 is 0 Å². The lowest BCUT2D eigenvalue weighted by Gasteiger charge is -2.10. The summed E-state index contributed by atoms with van der Waals surface area (Å²) in [6.07, 6.45) is 15.1. The van der Waals surface area contributed by atoms with Gasteiger partial charge in [-0.2, -0.15) is 0 Å². The molecule has 0 aliphatic carbocycles. The Morgan fingerprint density at radius 2 is 1.29 bits per heavy atom. The first-order valence-corrected chi connectivity index (χ1v) is 9.05. The molecule has 1 heteroatoms. The van der Waals surface area contributed by atoms with E-state index < -0.39 is 0 Å². The van der Waals surface area contributed by atoms with Crippen LogP contribution in [0.25, 0.3) is 0 Å². The zero-order valence-electron chi connectivity index (χ0n) is 13.9. The van der Waals surface area contributed by atoms with E-state index in [-0.39, 0.29) is 6.10 Å². The molecule has 0 amide bonds. The number of aliphatic hydroxyl groups is 1. The Labute approximate surface area is 131 Å². The molecule has 0 saturated carbocycles. The highest BCUT2D eigenvalue weighted by atomic mass is 16.3. The molecule has 1 rings (SSSR count). The van der Waals surface area contributed by atoms with Gasteiger partial charge in [0.1, 0.15) is 0 Å². The molecule has 0 bridgehead atoms. The molecule has 1 aromatic carbocycles. The van der Waals surface area contributed by atoms with Crippen LogP contribution in [0.3, 0.4) is 0 Å². The van der Waals surface area contributed by atoms with Crippen LogP contribution in [0.15, 0.2) is 30.3 Å². The Morgan fingerprint density at radius 3 is 1.86 bits per heavy atom. The Balaban J connectivity index is 1.87. The molecule has 21 heavy (non-hydrogen) atoms. The first-order chi connectivity index (χ1) is 10.3. The molecule has 0 heterocycles. The summed E-state index contributed by atoms with van der Waals surface area (Å²) in [4.78, 5) is 0. The monoisotopic (exact) mass is 290 g/mol. The van der Waals surface area contributed by atoms with Crippen molar-refractivity contribution in [1.29, 1.82) is 0 Å². The largest absolute Gasteiger partial charge is 0.393 e. The fourth-order valence-corrected chi connectivity index (χ4v) is 2.86. The number of benzene rings is 1. The van der Waals surface area contributed by atoms with Gasteiger partial charge in [-0.1, -0.05) is 101 Å². The maximum Gasteiger partial charge on any atom is 0.0580 e. The highest BCUT2D eigenvalue weighted by molar-refractivity contribution is 5.15. The highest BCUT2D eigenvalue weighted by Gasteiger charge is 2.04. The molecule has 0 radical (unpaired) electrons. The topological polar surface area (TPSA) is 20.2 Å². The Kier molecular flexibility index (Phi) is 11.2. The Hall–Kier alpha value is -0.820. The van der Waals surface area contributed by atoms with Crippen LogP contribution in [0.4, 0.5) is 0 Å². The third kappa shape index (κ3) is 10.5. The summed E-state index contributed by atoms with van der Waals surface area (Å²) in [5.74, 6) is 0. The third-order valence-corrected chi connectivity index (χ3v) is 4.21. The summed E-state index contributed by atoms with van der Waals surface area (Å²) < 4.78 is 0. The molecule has 0 saturated heterocycles. The van der Waals surface area contributed by atoms with Crippen LogP contribution in [0, 0.1) is 0 Å². The van der Waals surface area contributed by atoms with E-state index >= 15 is 0 Å². The standard InChI is InChI=1S/C20H34O/c1-2-3-4-5-6-7-8-9-10-14-17-20(21)18-19-15-12-11-13-16-19/h11-13,15-16,20-21H,2-10,14,17-18H2,1H3. The van der Waals surface area contributed by atoms with Crippen molar-refractivity contribution in [3.8, 4) is 0 Å². The van der Waals surface area contributed by atoms with Crippen molar-refractivity contribution in [3.05, 3.63) is 35.9 Å². The van der Waals surface area contributed by atoms with Gasteiger partial charge >= 0.3 is 0 Å². The zero-order valence-corrected chi connectivity index (χ0v) is 13.9. The van der Waals surface area contributed by atoms with Crippen LogP contribution in [-0.4, -0.2) is 11.2 Å². The quantitative estimate of drug-likeness (QED) is 0.448. The average molecular weight is 290 g/mol. The SMILES string of the molecule is CCCCCCCCCCCCC(O)Cc1ccccc1. The average Bonchev–Trinajstić information content (AvgIpc) is 2.50. The normalized spacial score (nSPS) is 12.5. The van der Waals surface area contributed by atoms with E-state index in [1.54, 1.807) is 0 Å². The molecule has 0 fully saturated rings. The molecule has 1 atom stereocenters. The summed E-state index contributed by atoms with van der Waals surface area (Å²) in [6.45, 7) is 2.27. The molecule has 0 aliphatic rings. The molecule has 1 N–H and O–H groups in total. The van der Waals surface area contributed by atoms with Gasteiger partial charge in [-0.3, -0.25) is 0 Å². The van der Waals surface area contributed by atoms with E-state index in [0.29, 0.717) is 0 Å². The third-order valence-electron chi connectivity index (χ3n) is 4.21. The lowest BCUT2D eigenvalue weighted by Crippen LogP contribution is -2.10. The van der Waals surface area contributed by atoms with E-state index in [9.17, 15) is 5.11 Å². The van der Waals surface area contributed by atoms with E-state index in [2.05, 4.69) is 19.1 Å². The van der Waals surface area contributed by atoms with Gasteiger partial charge in [0.25, 0.3) is 0 Å². The van der Waals surface area contributed by atoms with Crippen LogP contribution in [0.5, 0.6) is 0 Å². The molecular weight excluding hydrogens is 256 g/mol. The van der Waals surface area contributed by atoms with Crippen molar-refractivity contribution in [3.63, 3.8) is 0 Å². The minimum atomic E-state index is -0.165. The Morgan fingerprint density at radius 1 is 0.762 bits per heavy atom. The molecule has 0 aromatic heterocycles. The maximum atomic E-state index is 10.0. The second-order valence-corrected chi connectivity index (χ2v) is 6.31. The van der Waals surface area contributed by atoms with E-state index in [0.717, 1.165) is 12.8 Å². The van der Waals surface area contributed by atoms with Crippen molar-refractivity contribution in [2.75, 3.05) is 0 Å². The van der Waals surface area contributed by atoms with Gasteiger partial charge in [0.15, 0.2) is 0 Å². The number of rotatable bonds is 13. The van der Waals surface area contributed by atoms with Gasteiger partial charge in [0.2, 0.25) is 0 Å². The maximum absolute atomic E-state index is 10.0. The van der Waals surface area contributed by atoms with Crippen molar-refractivity contribution < 1.29 is 5.11 Å². The summed E-state index contributed by atoms with van der Waals surface area (Å²) >= 11 is 0. The van der Waals surface area contributed by atoms with Gasteiger partial charge in [-0.15, -0.1) is 0 Å². The predicted octanol–water partition coefficient (Wildman–Crippen LogP) is 5.90. The van der Waals surface area contributed by atoms with Gasteiger partial charge in [-0.05, 0) is 18.4 Å². The Bertz CT molecular complexity index is 320. The van der Waals surface area contributed by atoms with E-state index in [1.807, 2.05) is 18.2 Å². The van der Waals surface area contributed by atoms with E-state index in [4.69, 9.17) is 0 Å². The smallest absolute Gasteiger partial charge is 0.0580 e. The van der Waals surface area contributed by atoms with Gasteiger partial charge in [0.05, 0.1) is 6.10 Å². The molecular formula is C20H34O. The van der Waals surface area contributed by atoms with Crippen LogP contribution in [0.1, 0.15) is 83.1 Å². The molecule has 1 nitrogen and oxygen atoms in total. The molecule has 120 valence electrons. The van der Waals surface area contributed by atoms with Gasteiger partial charge < -0.3 is 5.11 Å². The predicted molar refractivity (Wildman–Crippen MR) is 92.6 cm³/mol. The van der Waals surface area contributed by atoms with Gasteiger partial charge in [-0.25, -0.2) is 0 Å². The summed E-state index contributed by atoms with van der Waals surface area (Å²) in [5.41, 5.74) is 1.25. The van der Waals surface area contributed by atoms with Crippen molar-refractivity contribution in [2.45, 2.75) is 90.1 Å². The number of unbranched alkanes of at least 4 members (excludes halogenated alkanes) is 9. The minimum Gasteiger partial charge on any atom is -0.393 e. The lowest BCUT2D eigenvalue weighted by atomic mass is 10.0. The first kappa shape index (κ1) is 18.2. The molecule has 0 spiro atoms. The second kappa shape index (κ2) is 12.9. The second-order valence-electron chi connectivity index (χ2n) is 6.31. The van der Waals surface area contributed by atoms with Crippen LogP contribution >= 0.6 is 0 Å². The van der Waals surface area contributed by atoms with Crippen molar-refractivity contribution in [1.82, 2.24) is 0 Å².